The van der Waals surface area contributed by atoms with Crippen molar-refractivity contribution in [1.82, 2.24) is 15.1 Å². The Bertz CT molecular complexity index is 333. The second-order valence-electron chi connectivity index (χ2n) is 6.96. The number of rotatable bonds is 7. The summed E-state index contributed by atoms with van der Waals surface area (Å²) in [5, 5.41) is 3.13. The Morgan fingerprint density at radius 3 is 2.36 bits per heavy atom. The SMILES string of the molecule is COCCN1[C@H](C)CN(CCNC(=O)C2CCCC2)C[C@H]1C. The van der Waals surface area contributed by atoms with Gasteiger partial charge in [-0.2, -0.15) is 0 Å². The third-order valence-electron chi connectivity index (χ3n) is 5.18. The average Bonchev–Trinajstić information content (AvgIpc) is 3.00. The molecular formula is C17H33N3O2. The standard InChI is InChI=1S/C17H33N3O2/c1-14-12-19(13-15(2)20(14)10-11-22-3)9-8-18-17(21)16-6-4-5-7-16/h14-16H,4-13H2,1-3H3,(H,18,21)/t14-,15-/m1/s1. The molecule has 0 radical (unpaired) electrons. The highest BCUT2D eigenvalue weighted by Crippen LogP contribution is 2.24. The van der Waals surface area contributed by atoms with Crippen LogP contribution in [0.1, 0.15) is 39.5 Å². The topological polar surface area (TPSA) is 44.8 Å². The first kappa shape index (κ1) is 17.7. The number of nitrogens with zero attached hydrogens (tertiary/aromatic N) is 2. The van der Waals surface area contributed by atoms with E-state index in [1.165, 1.54) is 12.8 Å². The number of amides is 1. The van der Waals surface area contributed by atoms with Gasteiger partial charge in [0.15, 0.2) is 0 Å². The molecule has 1 heterocycles. The Kier molecular flexibility index (Phi) is 7.12. The molecule has 0 aromatic heterocycles. The molecule has 5 nitrogen and oxygen atoms in total. The van der Waals surface area contributed by atoms with Crippen LogP contribution >= 0.6 is 0 Å². The van der Waals surface area contributed by atoms with E-state index in [0.29, 0.717) is 12.1 Å². The van der Waals surface area contributed by atoms with E-state index in [9.17, 15) is 4.79 Å². The first-order valence-electron chi connectivity index (χ1n) is 8.86. The second-order valence-corrected chi connectivity index (χ2v) is 6.96. The van der Waals surface area contributed by atoms with Crippen LogP contribution in [-0.2, 0) is 9.53 Å². The Morgan fingerprint density at radius 2 is 1.77 bits per heavy atom. The number of nitrogens with one attached hydrogen (secondary N) is 1. The van der Waals surface area contributed by atoms with E-state index in [1.54, 1.807) is 7.11 Å². The van der Waals surface area contributed by atoms with E-state index >= 15 is 0 Å². The van der Waals surface area contributed by atoms with Crippen LogP contribution in [0, 0.1) is 5.92 Å². The average molecular weight is 311 g/mol. The number of piperazine rings is 1. The van der Waals surface area contributed by atoms with Crippen LogP contribution in [-0.4, -0.2) is 74.2 Å². The first-order chi connectivity index (χ1) is 10.6. The van der Waals surface area contributed by atoms with E-state index in [-0.39, 0.29) is 11.8 Å². The van der Waals surface area contributed by atoms with Gasteiger partial charge in [-0.05, 0) is 26.7 Å². The highest BCUT2D eigenvalue weighted by molar-refractivity contribution is 5.78. The smallest absolute Gasteiger partial charge is 0.223 e. The Labute approximate surface area is 135 Å². The van der Waals surface area contributed by atoms with Gasteiger partial charge in [0.25, 0.3) is 0 Å². The van der Waals surface area contributed by atoms with Gasteiger partial charge in [-0.1, -0.05) is 12.8 Å². The maximum atomic E-state index is 12.0. The largest absolute Gasteiger partial charge is 0.383 e. The van der Waals surface area contributed by atoms with Crippen molar-refractivity contribution in [3.63, 3.8) is 0 Å². The minimum Gasteiger partial charge on any atom is -0.383 e. The summed E-state index contributed by atoms with van der Waals surface area (Å²) in [7, 11) is 1.76. The molecule has 128 valence electrons. The maximum Gasteiger partial charge on any atom is 0.223 e. The monoisotopic (exact) mass is 311 g/mol. The van der Waals surface area contributed by atoms with Gasteiger partial charge in [-0.15, -0.1) is 0 Å². The predicted octanol–water partition coefficient (Wildman–Crippen LogP) is 1.33. The summed E-state index contributed by atoms with van der Waals surface area (Å²) in [5.41, 5.74) is 0. The molecule has 2 rings (SSSR count). The van der Waals surface area contributed by atoms with Crippen LogP contribution in [0.25, 0.3) is 0 Å². The normalized spacial score (nSPS) is 28.1. The molecule has 1 amide bonds. The minimum absolute atomic E-state index is 0.275. The van der Waals surface area contributed by atoms with E-state index in [2.05, 4.69) is 29.0 Å². The molecule has 5 heteroatoms. The highest BCUT2D eigenvalue weighted by atomic mass is 16.5. The van der Waals surface area contributed by atoms with Crippen LogP contribution in [0.5, 0.6) is 0 Å². The third kappa shape index (κ3) is 4.93. The number of carbonyl (C=O) groups excluding carboxylic acids is 1. The third-order valence-corrected chi connectivity index (χ3v) is 5.18. The molecule has 2 aliphatic rings. The second kappa shape index (κ2) is 8.85. The summed E-state index contributed by atoms with van der Waals surface area (Å²) in [6.07, 6.45) is 4.60. The number of carbonyl (C=O) groups is 1. The fourth-order valence-electron chi connectivity index (χ4n) is 3.96. The summed E-state index contributed by atoms with van der Waals surface area (Å²) in [6.45, 7) is 10.3. The lowest BCUT2D eigenvalue weighted by Gasteiger charge is -2.44. The quantitative estimate of drug-likeness (QED) is 0.770. The van der Waals surface area contributed by atoms with Crippen molar-refractivity contribution in [2.75, 3.05) is 46.4 Å². The van der Waals surface area contributed by atoms with E-state index < -0.39 is 0 Å². The molecule has 22 heavy (non-hydrogen) atoms. The van der Waals surface area contributed by atoms with Gasteiger partial charge in [0.2, 0.25) is 5.91 Å². The summed E-state index contributed by atoms with van der Waals surface area (Å²) < 4.78 is 5.21. The van der Waals surface area contributed by atoms with Crippen LogP contribution in [0.3, 0.4) is 0 Å². The van der Waals surface area contributed by atoms with Crippen molar-refractivity contribution in [3.8, 4) is 0 Å². The highest BCUT2D eigenvalue weighted by Gasteiger charge is 2.29. The number of hydrogen-bond acceptors (Lipinski definition) is 4. The molecule has 2 fully saturated rings. The lowest BCUT2D eigenvalue weighted by Crippen LogP contribution is -2.58. The summed E-state index contributed by atoms with van der Waals surface area (Å²) in [5.74, 6) is 0.557. The fraction of sp³-hybridized carbons (Fsp3) is 0.941. The fourth-order valence-corrected chi connectivity index (χ4v) is 3.96. The lowest BCUT2D eigenvalue weighted by molar-refractivity contribution is -0.124. The van der Waals surface area contributed by atoms with Gasteiger partial charge in [0.1, 0.15) is 0 Å². The Morgan fingerprint density at radius 1 is 1.14 bits per heavy atom. The van der Waals surface area contributed by atoms with E-state index in [1.807, 2.05) is 0 Å². The molecule has 2 atom stereocenters. The van der Waals surface area contributed by atoms with E-state index in [0.717, 1.165) is 52.2 Å². The number of hydrogen-bond donors (Lipinski definition) is 1. The Hall–Kier alpha value is -0.650. The van der Waals surface area contributed by atoms with Crippen LogP contribution in [0.2, 0.25) is 0 Å². The van der Waals surface area contributed by atoms with Gasteiger partial charge in [-0.25, -0.2) is 0 Å². The van der Waals surface area contributed by atoms with Crippen molar-refractivity contribution in [2.45, 2.75) is 51.6 Å². The van der Waals surface area contributed by atoms with Gasteiger partial charge < -0.3 is 10.1 Å². The minimum atomic E-state index is 0.275. The molecule has 0 aromatic rings. The molecule has 1 saturated carbocycles. The summed E-state index contributed by atoms with van der Waals surface area (Å²) in [4.78, 5) is 17.0. The van der Waals surface area contributed by atoms with Gasteiger partial charge >= 0.3 is 0 Å². The molecule has 0 spiro atoms. The molecule has 1 aliphatic heterocycles. The van der Waals surface area contributed by atoms with Crippen LogP contribution in [0.15, 0.2) is 0 Å². The molecular weight excluding hydrogens is 278 g/mol. The predicted molar refractivity (Wildman–Crippen MR) is 88.9 cm³/mol. The van der Waals surface area contributed by atoms with E-state index in [4.69, 9.17) is 4.74 Å². The molecule has 0 aromatic carbocycles. The van der Waals surface area contributed by atoms with Crippen molar-refractivity contribution in [2.24, 2.45) is 5.92 Å². The summed E-state index contributed by atoms with van der Waals surface area (Å²) in [6, 6.07) is 1.09. The van der Waals surface area contributed by atoms with Gasteiger partial charge in [-0.3, -0.25) is 14.6 Å². The lowest BCUT2D eigenvalue weighted by atomic mass is 10.1. The van der Waals surface area contributed by atoms with Gasteiger partial charge in [0.05, 0.1) is 6.61 Å². The number of ether oxygens (including phenoxy) is 1. The molecule has 0 bridgehead atoms. The molecule has 1 saturated heterocycles. The molecule has 0 unspecified atom stereocenters. The zero-order chi connectivity index (χ0) is 15.9. The zero-order valence-corrected chi connectivity index (χ0v) is 14.5. The van der Waals surface area contributed by atoms with Crippen molar-refractivity contribution in [1.29, 1.82) is 0 Å². The molecule has 1 N–H and O–H groups in total. The van der Waals surface area contributed by atoms with Crippen molar-refractivity contribution < 1.29 is 9.53 Å². The van der Waals surface area contributed by atoms with Crippen LogP contribution < -0.4 is 5.32 Å². The molecule has 1 aliphatic carbocycles. The van der Waals surface area contributed by atoms with Gasteiger partial charge in [0, 0.05) is 57.8 Å². The summed E-state index contributed by atoms with van der Waals surface area (Å²) >= 11 is 0. The Balaban J connectivity index is 1.67. The number of methoxy groups -OCH3 is 1. The van der Waals surface area contributed by atoms with Crippen LogP contribution in [0.4, 0.5) is 0 Å². The van der Waals surface area contributed by atoms with Crippen molar-refractivity contribution >= 4 is 5.91 Å². The maximum absolute atomic E-state index is 12.0. The first-order valence-corrected chi connectivity index (χ1v) is 8.86. The zero-order valence-electron chi connectivity index (χ0n) is 14.5. The van der Waals surface area contributed by atoms with Crippen molar-refractivity contribution in [3.05, 3.63) is 0 Å².